The molecular formula is C14H31N. The first-order valence-corrected chi connectivity index (χ1v) is 6.82. The third kappa shape index (κ3) is 6.19. The van der Waals surface area contributed by atoms with Gasteiger partial charge in [0.1, 0.15) is 0 Å². The third-order valence-electron chi connectivity index (χ3n) is 3.77. The van der Waals surface area contributed by atoms with Crippen molar-refractivity contribution in [1.29, 1.82) is 0 Å². The maximum absolute atomic E-state index is 3.58. The van der Waals surface area contributed by atoms with Crippen molar-refractivity contribution >= 4 is 0 Å². The molecule has 15 heavy (non-hydrogen) atoms. The molecule has 0 amide bonds. The topological polar surface area (TPSA) is 12.0 Å². The molecule has 1 unspecified atom stereocenters. The molecule has 0 saturated heterocycles. The number of hydrogen-bond donors (Lipinski definition) is 1. The minimum atomic E-state index is 0.506. The average molecular weight is 213 g/mol. The highest BCUT2D eigenvalue weighted by atomic mass is 14.9. The molecule has 0 aromatic rings. The van der Waals surface area contributed by atoms with Gasteiger partial charge in [-0.05, 0) is 37.1 Å². The SMILES string of the molecule is CCCNCC(C)(CC)CC(CC)CC. The van der Waals surface area contributed by atoms with E-state index in [9.17, 15) is 0 Å². The predicted molar refractivity (Wildman–Crippen MR) is 70.2 cm³/mol. The molecular weight excluding hydrogens is 182 g/mol. The standard InChI is InChI=1S/C14H31N/c1-6-10-15-12-14(5,9-4)11-13(7-2)8-3/h13,15H,6-12H2,1-5H3. The molecule has 0 fully saturated rings. The lowest BCUT2D eigenvalue weighted by molar-refractivity contribution is 0.213. The fourth-order valence-corrected chi connectivity index (χ4v) is 2.18. The molecule has 92 valence electrons. The number of nitrogens with one attached hydrogen (secondary N) is 1. The van der Waals surface area contributed by atoms with Crippen LogP contribution >= 0.6 is 0 Å². The molecule has 0 spiro atoms. The van der Waals surface area contributed by atoms with Gasteiger partial charge in [0.2, 0.25) is 0 Å². The van der Waals surface area contributed by atoms with Crippen molar-refractivity contribution in [2.24, 2.45) is 11.3 Å². The first kappa shape index (κ1) is 15.0. The van der Waals surface area contributed by atoms with Crippen molar-refractivity contribution in [2.75, 3.05) is 13.1 Å². The predicted octanol–water partition coefficient (Wildman–Crippen LogP) is 4.23. The summed E-state index contributed by atoms with van der Waals surface area (Å²) in [5, 5.41) is 3.58. The van der Waals surface area contributed by atoms with E-state index in [1.54, 1.807) is 0 Å². The van der Waals surface area contributed by atoms with Gasteiger partial charge in [0, 0.05) is 6.54 Å². The van der Waals surface area contributed by atoms with Gasteiger partial charge in [0.05, 0.1) is 0 Å². The zero-order valence-electron chi connectivity index (χ0n) is 11.5. The van der Waals surface area contributed by atoms with Crippen LogP contribution in [0.3, 0.4) is 0 Å². The summed E-state index contributed by atoms with van der Waals surface area (Å²) in [7, 11) is 0. The normalized spacial score (nSPS) is 15.6. The highest BCUT2D eigenvalue weighted by molar-refractivity contribution is 4.78. The molecule has 1 heteroatoms. The van der Waals surface area contributed by atoms with Gasteiger partial charge in [-0.25, -0.2) is 0 Å². The molecule has 1 N–H and O–H groups in total. The summed E-state index contributed by atoms with van der Waals surface area (Å²) in [6.07, 6.45) is 6.58. The minimum absolute atomic E-state index is 0.506. The van der Waals surface area contributed by atoms with Crippen LogP contribution in [0.15, 0.2) is 0 Å². The van der Waals surface area contributed by atoms with Crippen molar-refractivity contribution in [3.63, 3.8) is 0 Å². The van der Waals surface area contributed by atoms with Gasteiger partial charge >= 0.3 is 0 Å². The quantitative estimate of drug-likeness (QED) is 0.565. The Bertz CT molecular complexity index is 140. The first-order valence-electron chi connectivity index (χ1n) is 6.82. The van der Waals surface area contributed by atoms with Crippen LogP contribution in [0.4, 0.5) is 0 Å². The van der Waals surface area contributed by atoms with Crippen molar-refractivity contribution in [1.82, 2.24) is 5.32 Å². The van der Waals surface area contributed by atoms with Crippen LogP contribution < -0.4 is 5.32 Å². The van der Waals surface area contributed by atoms with Crippen LogP contribution in [0, 0.1) is 11.3 Å². The minimum Gasteiger partial charge on any atom is -0.316 e. The van der Waals surface area contributed by atoms with Crippen molar-refractivity contribution in [3.05, 3.63) is 0 Å². The molecule has 0 bridgehead atoms. The van der Waals surface area contributed by atoms with E-state index in [-0.39, 0.29) is 0 Å². The second-order valence-corrected chi connectivity index (χ2v) is 5.23. The smallest absolute Gasteiger partial charge is 0.000516 e. The molecule has 0 aromatic carbocycles. The van der Waals surface area contributed by atoms with Crippen molar-refractivity contribution in [2.45, 2.75) is 66.7 Å². The summed E-state index contributed by atoms with van der Waals surface area (Å²) in [4.78, 5) is 0. The second-order valence-electron chi connectivity index (χ2n) is 5.23. The Morgan fingerprint density at radius 2 is 1.67 bits per heavy atom. The zero-order valence-corrected chi connectivity index (χ0v) is 11.5. The molecule has 0 aromatic heterocycles. The maximum Gasteiger partial charge on any atom is 0.000516 e. The molecule has 0 heterocycles. The Kier molecular flexibility index (Phi) is 8.13. The lowest BCUT2D eigenvalue weighted by Gasteiger charge is -2.32. The molecule has 0 aliphatic heterocycles. The molecule has 1 atom stereocenters. The van der Waals surface area contributed by atoms with Gasteiger partial charge in [-0.3, -0.25) is 0 Å². The van der Waals surface area contributed by atoms with Gasteiger partial charge in [0.25, 0.3) is 0 Å². The average Bonchev–Trinajstić information content (AvgIpc) is 2.26. The van der Waals surface area contributed by atoms with E-state index in [0.29, 0.717) is 5.41 Å². The lowest BCUT2D eigenvalue weighted by Crippen LogP contribution is -2.33. The lowest BCUT2D eigenvalue weighted by atomic mass is 9.77. The fourth-order valence-electron chi connectivity index (χ4n) is 2.18. The molecule has 1 nitrogen and oxygen atoms in total. The molecule has 0 saturated carbocycles. The van der Waals surface area contributed by atoms with E-state index < -0.39 is 0 Å². The Morgan fingerprint density at radius 3 is 2.07 bits per heavy atom. The van der Waals surface area contributed by atoms with E-state index in [4.69, 9.17) is 0 Å². The fraction of sp³-hybridized carbons (Fsp3) is 1.00. The largest absolute Gasteiger partial charge is 0.316 e. The summed E-state index contributed by atoms with van der Waals surface area (Å²) in [5.41, 5.74) is 0.506. The Hall–Kier alpha value is -0.0400. The van der Waals surface area contributed by atoms with Crippen LogP contribution in [-0.4, -0.2) is 13.1 Å². The van der Waals surface area contributed by atoms with E-state index in [2.05, 4.69) is 39.9 Å². The van der Waals surface area contributed by atoms with E-state index in [0.717, 1.165) is 5.92 Å². The summed E-state index contributed by atoms with van der Waals surface area (Å²) in [5.74, 6) is 0.915. The molecule has 0 radical (unpaired) electrons. The Labute approximate surface area is 97.0 Å². The Morgan fingerprint density at radius 1 is 1.07 bits per heavy atom. The highest BCUT2D eigenvalue weighted by Crippen LogP contribution is 2.31. The van der Waals surface area contributed by atoms with E-state index in [1.807, 2.05) is 0 Å². The van der Waals surface area contributed by atoms with Crippen molar-refractivity contribution in [3.8, 4) is 0 Å². The zero-order chi connectivity index (χ0) is 11.7. The van der Waals surface area contributed by atoms with Gasteiger partial charge in [-0.2, -0.15) is 0 Å². The van der Waals surface area contributed by atoms with Crippen LogP contribution in [-0.2, 0) is 0 Å². The Balaban J connectivity index is 4.04. The third-order valence-corrected chi connectivity index (χ3v) is 3.77. The van der Waals surface area contributed by atoms with Gasteiger partial charge < -0.3 is 5.32 Å². The second kappa shape index (κ2) is 8.15. The molecule has 0 aliphatic carbocycles. The van der Waals surface area contributed by atoms with Gasteiger partial charge in [-0.15, -0.1) is 0 Å². The monoisotopic (exact) mass is 213 g/mol. The van der Waals surface area contributed by atoms with Gasteiger partial charge in [0.15, 0.2) is 0 Å². The van der Waals surface area contributed by atoms with Crippen LogP contribution in [0.1, 0.15) is 66.7 Å². The summed E-state index contributed by atoms with van der Waals surface area (Å²) in [6, 6.07) is 0. The molecule has 0 rings (SSSR count). The summed E-state index contributed by atoms with van der Waals surface area (Å²) >= 11 is 0. The maximum atomic E-state index is 3.58. The van der Waals surface area contributed by atoms with E-state index >= 15 is 0 Å². The number of rotatable bonds is 9. The molecule has 0 aliphatic rings. The van der Waals surface area contributed by atoms with Crippen LogP contribution in [0.2, 0.25) is 0 Å². The van der Waals surface area contributed by atoms with Crippen LogP contribution in [0.25, 0.3) is 0 Å². The van der Waals surface area contributed by atoms with Gasteiger partial charge in [-0.1, -0.05) is 47.5 Å². The summed E-state index contributed by atoms with van der Waals surface area (Å²) in [6.45, 7) is 14.0. The van der Waals surface area contributed by atoms with Crippen LogP contribution in [0.5, 0.6) is 0 Å². The van der Waals surface area contributed by atoms with E-state index in [1.165, 1.54) is 45.2 Å². The highest BCUT2D eigenvalue weighted by Gasteiger charge is 2.24. The first-order chi connectivity index (χ1) is 7.11. The summed E-state index contributed by atoms with van der Waals surface area (Å²) < 4.78 is 0. The number of hydrogen-bond acceptors (Lipinski definition) is 1. The van der Waals surface area contributed by atoms with Crippen molar-refractivity contribution < 1.29 is 0 Å².